The molecule has 0 aromatic carbocycles. The molecule has 0 aromatic heterocycles. The van der Waals surface area contributed by atoms with Gasteiger partial charge in [0.25, 0.3) is 0 Å². The lowest BCUT2D eigenvalue weighted by Gasteiger charge is -2.34. The predicted octanol–water partition coefficient (Wildman–Crippen LogP) is -0.638. The summed E-state index contributed by atoms with van der Waals surface area (Å²) in [5, 5.41) is 33.0. The summed E-state index contributed by atoms with van der Waals surface area (Å²) >= 11 is 0. The third-order valence-electron chi connectivity index (χ3n) is 4.70. The second-order valence-electron chi connectivity index (χ2n) is 6.42. The van der Waals surface area contributed by atoms with Gasteiger partial charge in [-0.15, -0.1) is 0 Å². The van der Waals surface area contributed by atoms with Gasteiger partial charge in [0, 0.05) is 11.4 Å². The molecule has 0 aliphatic carbocycles. The third kappa shape index (κ3) is 4.01. The molecule has 0 saturated carbocycles. The maximum absolute atomic E-state index is 12.6. The quantitative estimate of drug-likeness (QED) is 0.440. The molecule has 4 atom stereocenters. The lowest BCUT2D eigenvalue weighted by Crippen LogP contribution is -2.44. The molecule has 0 unspecified atom stereocenters. The number of dihydropyridines is 1. The van der Waals surface area contributed by atoms with Gasteiger partial charge < -0.3 is 34.8 Å². The third-order valence-corrected chi connectivity index (χ3v) is 4.70. The van der Waals surface area contributed by atoms with Crippen LogP contribution in [0.25, 0.3) is 0 Å². The van der Waals surface area contributed by atoms with Crippen molar-refractivity contribution in [2.75, 3.05) is 19.8 Å². The number of carbonyl (C=O) groups excluding carboxylic acids is 2. The molecule has 2 heterocycles. The van der Waals surface area contributed by atoms with Crippen LogP contribution in [0.2, 0.25) is 0 Å². The summed E-state index contributed by atoms with van der Waals surface area (Å²) in [4.78, 5) is 25.2. The van der Waals surface area contributed by atoms with Crippen LogP contribution in [0.3, 0.4) is 0 Å². The van der Waals surface area contributed by atoms with E-state index in [2.05, 4.69) is 5.32 Å². The number of allylic oxidation sites excluding steroid dienone is 2. The highest BCUT2D eigenvalue weighted by Crippen LogP contribution is 2.40. The number of aliphatic hydroxyl groups excluding tert-OH is 3. The molecule has 1 saturated heterocycles. The Balaban J connectivity index is 2.55. The molecule has 0 amide bonds. The fourth-order valence-corrected chi connectivity index (χ4v) is 3.54. The summed E-state index contributed by atoms with van der Waals surface area (Å²) < 4.78 is 15.9. The molecule has 1 fully saturated rings. The number of rotatable bonds is 6. The molecule has 2 rings (SSSR count). The molecular formula is C18H27NO8. The molecule has 0 spiro atoms. The largest absolute Gasteiger partial charge is 0.463 e. The molecule has 9 heteroatoms. The Morgan fingerprint density at radius 3 is 1.85 bits per heavy atom. The van der Waals surface area contributed by atoms with Crippen molar-refractivity contribution in [2.24, 2.45) is 5.92 Å². The molecular weight excluding hydrogens is 358 g/mol. The summed E-state index contributed by atoms with van der Waals surface area (Å²) in [5.74, 6) is -2.36. The van der Waals surface area contributed by atoms with Gasteiger partial charge in [-0.05, 0) is 27.7 Å². The van der Waals surface area contributed by atoms with Crippen molar-refractivity contribution in [2.45, 2.75) is 52.1 Å². The van der Waals surface area contributed by atoms with Gasteiger partial charge in [-0.1, -0.05) is 0 Å². The first kappa shape index (κ1) is 21.4. The Morgan fingerprint density at radius 1 is 1.00 bits per heavy atom. The maximum atomic E-state index is 12.6. The van der Waals surface area contributed by atoms with E-state index in [-0.39, 0.29) is 24.4 Å². The molecule has 152 valence electrons. The summed E-state index contributed by atoms with van der Waals surface area (Å²) in [5.41, 5.74) is 1.11. The van der Waals surface area contributed by atoms with Gasteiger partial charge in [0.05, 0.1) is 43.0 Å². The number of hydrogen-bond donors (Lipinski definition) is 4. The van der Waals surface area contributed by atoms with Crippen LogP contribution in [0, 0.1) is 5.92 Å². The maximum Gasteiger partial charge on any atom is 0.336 e. The Hall–Kier alpha value is -1.94. The minimum atomic E-state index is -1.42. The second-order valence-corrected chi connectivity index (χ2v) is 6.42. The number of aliphatic hydroxyl groups is 3. The van der Waals surface area contributed by atoms with E-state index < -0.39 is 48.9 Å². The van der Waals surface area contributed by atoms with Crippen LogP contribution >= 0.6 is 0 Å². The van der Waals surface area contributed by atoms with Crippen molar-refractivity contribution < 1.29 is 39.1 Å². The van der Waals surface area contributed by atoms with Gasteiger partial charge in [-0.3, -0.25) is 0 Å². The Morgan fingerprint density at radius 2 is 1.48 bits per heavy atom. The summed E-state index contributed by atoms with van der Waals surface area (Å²) in [6.45, 7) is 6.32. The second kappa shape index (κ2) is 8.83. The topological polar surface area (TPSA) is 135 Å². The SMILES string of the molecule is CCOC(=O)C1=C(C)NC(C)=C(C(=O)OCC)C1[C@@H]1O[C@H](CO)[C@@H](O)[C@H]1O. The van der Waals surface area contributed by atoms with Crippen molar-refractivity contribution in [1.82, 2.24) is 5.32 Å². The fourth-order valence-electron chi connectivity index (χ4n) is 3.54. The number of esters is 2. The van der Waals surface area contributed by atoms with Crippen molar-refractivity contribution in [1.29, 1.82) is 0 Å². The van der Waals surface area contributed by atoms with E-state index in [1.165, 1.54) is 0 Å². The van der Waals surface area contributed by atoms with Gasteiger partial charge in [0.1, 0.15) is 18.3 Å². The van der Waals surface area contributed by atoms with Crippen molar-refractivity contribution in [3.63, 3.8) is 0 Å². The van der Waals surface area contributed by atoms with Crippen LogP contribution in [-0.2, 0) is 23.8 Å². The molecule has 2 aliphatic rings. The number of nitrogens with one attached hydrogen (secondary N) is 1. The van der Waals surface area contributed by atoms with E-state index in [4.69, 9.17) is 14.2 Å². The van der Waals surface area contributed by atoms with Gasteiger partial charge >= 0.3 is 11.9 Å². The van der Waals surface area contributed by atoms with Crippen LogP contribution in [0.4, 0.5) is 0 Å². The van der Waals surface area contributed by atoms with Crippen molar-refractivity contribution in [3.8, 4) is 0 Å². The molecule has 0 bridgehead atoms. The van der Waals surface area contributed by atoms with E-state index in [1.807, 2.05) is 0 Å². The zero-order valence-corrected chi connectivity index (χ0v) is 15.9. The smallest absolute Gasteiger partial charge is 0.336 e. The number of carbonyl (C=O) groups is 2. The molecule has 9 nitrogen and oxygen atoms in total. The monoisotopic (exact) mass is 385 g/mol. The van der Waals surface area contributed by atoms with E-state index in [9.17, 15) is 24.9 Å². The average molecular weight is 385 g/mol. The van der Waals surface area contributed by atoms with Crippen LogP contribution in [0.15, 0.2) is 22.5 Å². The average Bonchev–Trinajstić information content (AvgIpc) is 2.89. The van der Waals surface area contributed by atoms with Crippen molar-refractivity contribution >= 4 is 11.9 Å². The minimum Gasteiger partial charge on any atom is -0.463 e. The fraction of sp³-hybridized carbons (Fsp3) is 0.667. The Bertz CT molecular complexity index is 616. The lowest BCUT2D eigenvalue weighted by molar-refractivity contribution is -0.141. The Labute approximate surface area is 157 Å². The standard InChI is InChI=1S/C18H27NO8/c1-5-25-17(23)11-8(3)19-9(4)12(18(24)26-6-2)13(11)16-15(22)14(21)10(7-20)27-16/h10,13-16,19-22H,5-7H2,1-4H3/t10-,14-,15-,16+/m1/s1. The molecule has 0 aromatic rings. The first-order valence-corrected chi connectivity index (χ1v) is 8.93. The Kier molecular flexibility index (Phi) is 6.99. The van der Waals surface area contributed by atoms with Crippen LogP contribution < -0.4 is 5.32 Å². The first-order valence-electron chi connectivity index (χ1n) is 8.93. The highest BCUT2D eigenvalue weighted by Gasteiger charge is 2.52. The van der Waals surface area contributed by atoms with E-state index in [0.29, 0.717) is 11.4 Å². The highest BCUT2D eigenvalue weighted by atomic mass is 16.6. The summed E-state index contributed by atoms with van der Waals surface area (Å²) in [6, 6.07) is 0. The van der Waals surface area contributed by atoms with Gasteiger partial charge in [0.2, 0.25) is 0 Å². The molecule has 4 N–H and O–H groups in total. The number of hydrogen-bond acceptors (Lipinski definition) is 9. The van der Waals surface area contributed by atoms with Gasteiger partial charge in [-0.25, -0.2) is 9.59 Å². The van der Waals surface area contributed by atoms with Crippen LogP contribution in [0.1, 0.15) is 27.7 Å². The molecule has 0 radical (unpaired) electrons. The molecule has 2 aliphatic heterocycles. The minimum absolute atomic E-state index is 0.111. The normalized spacial score (nSPS) is 29.0. The lowest BCUT2D eigenvalue weighted by atomic mass is 9.79. The highest BCUT2D eigenvalue weighted by molar-refractivity contribution is 5.98. The summed E-state index contributed by atoms with van der Waals surface area (Å²) in [6.07, 6.45) is -4.95. The van der Waals surface area contributed by atoms with Crippen LogP contribution in [-0.4, -0.2) is 71.5 Å². The summed E-state index contributed by atoms with van der Waals surface area (Å²) in [7, 11) is 0. The van der Waals surface area contributed by atoms with E-state index >= 15 is 0 Å². The van der Waals surface area contributed by atoms with E-state index in [1.54, 1.807) is 27.7 Å². The van der Waals surface area contributed by atoms with Crippen molar-refractivity contribution in [3.05, 3.63) is 22.5 Å². The van der Waals surface area contributed by atoms with Gasteiger partial charge in [0.15, 0.2) is 0 Å². The predicted molar refractivity (Wildman–Crippen MR) is 93.1 cm³/mol. The zero-order chi connectivity index (χ0) is 20.3. The molecule has 27 heavy (non-hydrogen) atoms. The first-order chi connectivity index (χ1) is 12.8. The van der Waals surface area contributed by atoms with E-state index in [0.717, 1.165) is 0 Å². The van der Waals surface area contributed by atoms with Gasteiger partial charge in [-0.2, -0.15) is 0 Å². The van der Waals surface area contributed by atoms with Crippen LogP contribution in [0.5, 0.6) is 0 Å². The number of ether oxygens (including phenoxy) is 3. The zero-order valence-electron chi connectivity index (χ0n) is 15.9.